The molecule has 0 aliphatic rings. The quantitative estimate of drug-likeness (QED) is 0.424. The third-order valence-corrected chi connectivity index (χ3v) is 1.63. The molecule has 0 aliphatic carbocycles. The molecule has 0 aliphatic heterocycles. The second kappa shape index (κ2) is 8.05. The maximum atomic E-state index is 11.2. The summed E-state index contributed by atoms with van der Waals surface area (Å²) in [7, 11) is 0. The Hall–Kier alpha value is -1.14. The van der Waals surface area contributed by atoms with Gasteiger partial charge in [0.1, 0.15) is 12.2 Å². The van der Waals surface area contributed by atoms with Gasteiger partial charge in [-0.3, -0.25) is 9.68 Å². The lowest BCUT2D eigenvalue weighted by molar-refractivity contribution is -0.320. The summed E-state index contributed by atoms with van der Waals surface area (Å²) in [6, 6.07) is 0. The minimum absolute atomic E-state index is 0.0313. The predicted octanol–water partition coefficient (Wildman–Crippen LogP) is 1.35. The first-order valence-electron chi connectivity index (χ1n) is 5.93. The summed E-state index contributed by atoms with van der Waals surface area (Å²) in [6.45, 7) is 6.76. The molecule has 1 unspecified atom stereocenters. The molecular formula is C12H22O6. The van der Waals surface area contributed by atoms with Crippen LogP contribution >= 0.6 is 0 Å². The molecule has 0 amide bonds. The van der Waals surface area contributed by atoms with Crippen molar-refractivity contribution in [3.8, 4) is 0 Å². The van der Waals surface area contributed by atoms with Crippen LogP contribution in [0.1, 0.15) is 47.0 Å². The zero-order chi connectivity index (χ0) is 14.2. The Morgan fingerprint density at radius 2 is 1.72 bits per heavy atom. The van der Waals surface area contributed by atoms with Crippen molar-refractivity contribution in [2.24, 2.45) is 0 Å². The van der Waals surface area contributed by atoms with E-state index in [9.17, 15) is 9.59 Å². The normalized spacial score (nSPS) is 12.9. The number of carbonyl (C=O) groups excluding carboxylic acids is 2. The molecule has 106 valence electrons. The Bertz CT molecular complexity index is 266. The van der Waals surface area contributed by atoms with Crippen LogP contribution in [0.15, 0.2) is 0 Å². The molecule has 18 heavy (non-hydrogen) atoms. The molecule has 0 heterocycles. The molecule has 0 aromatic carbocycles. The van der Waals surface area contributed by atoms with Crippen molar-refractivity contribution in [2.45, 2.75) is 58.7 Å². The third kappa shape index (κ3) is 11.3. The number of hydrogen-bond donors (Lipinski definition) is 1. The number of rotatable bonds is 7. The minimum atomic E-state index is -0.681. The highest BCUT2D eigenvalue weighted by atomic mass is 17.2. The first-order valence-corrected chi connectivity index (χ1v) is 5.93. The summed E-state index contributed by atoms with van der Waals surface area (Å²) in [5.41, 5.74) is -0.550. The first-order chi connectivity index (χ1) is 8.20. The van der Waals surface area contributed by atoms with Gasteiger partial charge in [-0.1, -0.05) is 0 Å². The Morgan fingerprint density at radius 3 is 2.22 bits per heavy atom. The van der Waals surface area contributed by atoms with Crippen LogP contribution in [0.2, 0.25) is 0 Å². The smallest absolute Gasteiger partial charge is 0.342 e. The average Bonchev–Trinajstić information content (AvgIpc) is 2.22. The maximum absolute atomic E-state index is 11.2. The topological polar surface area (TPSA) is 82.1 Å². The van der Waals surface area contributed by atoms with Gasteiger partial charge in [-0.2, -0.15) is 4.89 Å². The number of ether oxygens (including phenoxy) is 1. The van der Waals surface area contributed by atoms with Gasteiger partial charge in [-0.15, -0.1) is 0 Å². The standard InChI is InChI=1S/C12H22O6/c1-9(13)8-16-10(14)6-5-7-11(15)17-18-12(2,3)4/h9,13H,5-8H2,1-4H3. The van der Waals surface area contributed by atoms with E-state index in [0.717, 1.165) is 0 Å². The van der Waals surface area contributed by atoms with Gasteiger partial charge in [-0.25, -0.2) is 4.79 Å². The van der Waals surface area contributed by atoms with E-state index in [1.54, 1.807) is 20.8 Å². The summed E-state index contributed by atoms with van der Waals surface area (Å²) in [6.07, 6.45) is -0.165. The van der Waals surface area contributed by atoms with E-state index >= 15 is 0 Å². The van der Waals surface area contributed by atoms with Crippen LogP contribution < -0.4 is 0 Å². The van der Waals surface area contributed by atoms with Crippen molar-refractivity contribution in [3.63, 3.8) is 0 Å². The number of aliphatic hydroxyl groups excluding tert-OH is 1. The number of esters is 1. The molecule has 0 spiro atoms. The third-order valence-electron chi connectivity index (χ3n) is 1.63. The van der Waals surface area contributed by atoms with Gasteiger partial charge in [0, 0.05) is 12.8 Å². The van der Waals surface area contributed by atoms with Gasteiger partial charge in [-0.05, 0) is 34.1 Å². The molecule has 1 N–H and O–H groups in total. The fourth-order valence-corrected chi connectivity index (χ4v) is 0.876. The van der Waals surface area contributed by atoms with Crippen LogP contribution in [0, 0.1) is 0 Å². The van der Waals surface area contributed by atoms with Crippen molar-refractivity contribution in [1.82, 2.24) is 0 Å². The van der Waals surface area contributed by atoms with E-state index < -0.39 is 23.6 Å². The van der Waals surface area contributed by atoms with Gasteiger partial charge in [0.05, 0.1) is 6.10 Å². The first kappa shape index (κ1) is 16.9. The molecule has 0 bridgehead atoms. The lowest BCUT2D eigenvalue weighted by Crippen LogP contribution is -2.22. The Labute approximate surface area is 107 Å². The van der Waals surface area contributed by atoms with E-state index in [0.29, 0.717) is 6.42 Å². The number of aliphatic hydroxyl groups is 1. The van der Waals surface area contributed by atoms with Crippen LogP contribution in [0.25, 0.3) is 0 Å². The van der Waals surface area contributed by atoms with E-state index in [-0.39, 0.29) is 19.4 Å². The monoisotopic (exact) mass is 262 g/mol. The lowest BCUT2D eigenvalue weighted by Gasteiger charge is -2.16. The van der Waals surface area contributed by atoms with E-state index in [1.165, 1.54) is 6.92 Å². The van der Waals surface area contributed by atoms with E-state index in [4.69, 9.17) is 14.7 Å². The van der Waals surface area contributed by atoms with Gasteiger partial charge in [0.15, 0.2) is 0 Å². The van der Waals surface area contributed by atoms with Crippen molar-refractivity contribution in [3.05, 3.63) is 0 Å². The molecule has 0 fully saturated rings. The summed E-state index contributed by atoms with van der Waals surface area (Å²) < 4.78 is 4.73. The molecule has 0 rings (SSSR count). The second-order valence-corrected chi connectivity index (χ2v) is 5.04. The SMILES string of the molecule is CC(O)COC(=O)CCCC(=O)OOC(C)(C)C. The minimum Gasteiger partial charge on any atom is -0.463 e. The summed E-state index contributed by atoms with van der Waals surface area (Å²) in [5.74, 6) is -0.964. The summed E-state index contributed by atoms with van der Waals surface area (Å²) >= 11 is 0. The number of carbonyl (C=O) groups is 2. The van der Waals surface area contributed by atoms with Crippen LogP contribution in [0.5, 0.6) is 0 Å². The zero-order valence-corrected chi connectivity index (χ0v) is 11.4. The Balaban J connectivity index is 3.59. The number of hydrogen-bond acceptors (Lipinski definition) is 6. The lowest BCUT2D eigenvalue weighted by atomic mass is 10.2. The van der Waals surface area contributed by atoms with Crippen LogP contribution in [-0.4, -0.2) is 35.4 Å². The van der Waals surface area contributed by atoms with Crippen molar-refractivity contribution in [2.75, 3.05) is 6.61 Å². The van der Waals surface area contributed by atoms with Gasteiger partial charge >= 0.3 is 11.9 Å². The van der Waals surface area contributed by atoms with Crippen molar-refractivity contribution >= 4 is 11.9 Å². The van der Waals surface area contributed by atoms with Crippen molar-refractivity contribution in [1.29, 1.82) is 0 Å². The van der Waals surface area contributed by atoms with E-state index in [2.05, 4.69) is 4.89 Å². The predicted molar refractivity (Wildman–Crippen MR) is 63.4 cm³/mol. The molecule has 0 radical (unpaired) electrons. The Kier molecular flexibility index (Phi) is 7.54. The second-order valence-electron chi connectivity index (χ2n) is 5.04. The highest BCUT2D eigenvalue weighted by Gasteiger charge is 2.15. The fourth-order valence-electron chi connectivity index (χ4n) is 0.876. The molecule has 1 atom stereocenters. The van der Waals surface area contributed by atoms with Gasteiger partial charge in [0.2, 0.25) is 0 Å². The largest absolute Gasteiger partial charge is 0.463 e. The highest BCUT2D eigenvalue weighted by Crippen LogP contribution is 2.09. The molecular weight excluding hydrogens is 240 g/mol. The van der Waals surface area contributed by atoms with Gasteiger partial charge in [0.25, 0.3) is 0 Å². The molecule has 0 aromatic rings. The highest BCUT2D eigenvalue weighted by molar-refractivity contribution is 5.72. The van der Waals surface area contributed by atoms with Crippen LogP contribution in [0.4, 0.5) is 0 Å². The van der Waals surface area contributed by atoms with E-state index in [1.807, 2.05) is 0 Å². The molecule has 0 saturated carbocycles. The van der Waals surface area contributed by atoms with Gasteiger partial charge < -0.3 is 9.84 Å². The van der Waals surface area contributed by atoms with Crippen LogP contribution in [0.3, 0.4) is 0 Å². The molecule has 0 saturated heterocycles. The fraction of sp³-hybridized carbons (Fsp3) is 0.833. The average molecular weight is 262 g/mol. The molecule has 0 aromatic heterocycles. The Morgan fingerprint density at radius 1 is 1.17 bits per heavy atom. The van der Waals surface area contributed by atoms with Crippen molar-refractivity contribution < 1.29 is 29.2 Å². The molecule has 6 nitrogen and oxygen atoms in total. The zero-order valence-electron chi connectivity index (χ0n) is 11.4. The summed E-state index contributed by atoms with van der Waals surface area (Å²) in [4.78, 5) is 31.7. The maximum Gasteiger partial charge on any atom is 0.342 e. The van der Waals surface area contributed by atoms with Crippen LogP contribution in [-0.2, 0) is 24.1 Å². The summed E-state index contributed by atoms with van der Waals surface area (Å²) in [5, 5.41) is 8.89. The molecule has 6 heteroatoms.